The second kappa shape index (κ2) is 9.91. The Labute approximate surface area is 184 Å². The molecule has 2 aromatic carbocycles. The van der Waals surface area contributed by atoms with Gasteiger partial charge >= 0.3 is 5.97 Å². The Morgan fingerprint density at radius 3 is 2.53 bits per heavy atom. The van der Waals surface area contributed by atoms with E-state index >= 15 is 0 Å². The van der Waals surface area contributed by atoms with Crippen LogP contribution < -0.4 is 5.32 Å². The third-order valence-electron chi connectivity index (χ3n) is 4.83. The quantitative estimate of drug-likeness (QED) is 0.371. The molecule has 1 heterocycles. The van der Waals surface area contributed by atoms with Gasteiger partial charge in [-0.25, -0.2) is 4.79 Å². The topological polar surface area (TPSA) is 69.6 Å². The van der Waals surface area contributed by atoms with E-state index in [-0.39, 0.29) is 18.5 Å². The number of ether oxygens (including phenoxy) is 2. The maximum absolute atomic E-state index is 12.1. The van der Waals surface area contributed by atoms with E-state index in [1.165, 1.54) is 12.7 Å². The van der Waals surface area contributed by atoms with Crippen LogP contribution in [0.15, 0.2) is 53.1 Å². The molecule has 0 bridgehead atoms. The van der Waals surface area contributed by atoms with Crippen molar-refractivity contribution in [2.24, 2.45) is 0 Å². The summed E-state index contributed by atoms with van der Waals surface area (Å²) >= 11 is 3.54. The van der Waals surface area contributed by atoms with Crippen LogP contribution in [-0.4, -0.2) is 36.8 Å². The van der Waals surface area contributed by atoms with Crippen LogP contribution in [0.1, 0.15) is 35.7 Å². The van der Waals surface area contributed by atoms with Crippen LogP contribution in [0, 0.1) is 0 Å². The zero-order chi connectivity index (χ0) is 21.7. The molecule has 3 aromatic rings. The third-order valence-corrected chi connectivity index (χ3v) is 5.46. The monoisotopic (exact) mass is 472 g/mol. The molecule has 1 aromatic heterocycles. The van der Waals surface area contributed by atoms with E-state index in [0.717, 1.165) is 21.1 Å². The Balaban J connectivity index is 1.54. The van der Waals surface area contributed by atoms with Crippen molar-refractivity contribution >= 4 is 44.4 Å². The van der Waals surface area contributed by atoms with Crippen molar-refractivity contribution in [2.75, 3.05) is 25.6 Å². The lowest BCUT2D eigenvalue weighted by atomic mass is 10.0. The van der Waals surface area contributed by atoms with Crippen molar-refractivity contribution in [2.45, 2.75) is 26.3 Å². The normalized spacial score (nSPS) is 11.1. The Bertz CT molecular complexity index is 1040. The first-order chi connectivity index (χ1) is 14.4. The van der Waals surface area contributed by atoms with Gasteiger partial charge in [0.2, 0.25) is 5.91 Å². The van der Waals surface area contributed by atoms with Crippen LogP contribution in [0.2, 0.25) is 0 Å². The van der Waals surface area contributed by atoms with Crippen molar-refractivity contribution in [3.63, 3.8) is 0 Å². The van der Waals surface area contributed by atoms with Crippen molar-refractivity contribution in [3.8, 4) is 0 Å². The van der Waals surface area contributed by atoms with Gasteiger partial charge in [-0.3, -0.25) is 4.79 Å². The highest BCUT2D eigenvalue weighted by atomic mass is 79.9. The highest BCUT2D eigenvalue weighted by Crippen LogP contribution is 2.27. The smallest absolute Gasteiger partial charge is 0.337 e. The zero-order valence-electron chi connectivity index (χ0n) is 17.3. The fourth-order valence-corrected chi connectivity index (χ4v) is 3.74. The van der Waals surface area contributed by atoms with Crippen molar-refractivity contribution < 1.29 is 19.1 Å². The molecular formula is C23H25BrN2O4. The lowest BCUT2D eigenvalue weighted by molar-refractivity contribution is -0.120. The van der Waals surface area contributed by atoms with E-state index in [4.69, 9.17) is 9.47 Å². The molecule has 0 atom stereocenters. The number of benzene rings is 2. The first-order valence-corrected chi connectivity index (χ1v) is 10.5. The van der Waals surface area contributed by atoms with Crippen LogP contribution in [0.3, 0.4) is 0 Å². The van der Waals surface area contributed by atoms with Crippen LogP contribution in [0.4, 0.5) is 5.69 Å². The average molecular weight is 473 g/mol. The molecule has 0 radical (unpaired) electrons. The lowest BCUT2D eigenvalue weighted by Gasteiger charge is -2.10. The number of nitrogens with zero attached hydrogens (tertiary/aromatic N) is 1. The predicted octanol–water partition coefficient (Wildman–Crippen LogP) is 4.97. The minimum atomic E-state index is -0.380. The Morgan fingerprint density at radius 2 is 1.87 bits per heavy atom. The molecule has 0 aliphatic carbocycles. The fourth-order valence-electron chi connectivity index (χ4n) is 3.15. The molecule has 1 amide bonds. The van der Waals surface area contributed by atoms with Gasteiger partial charge in [-0.2, -0.15) is 0 Å². The zero-order valence-corrected chi connectivity index (χ0v) is 18.9. The minimum Gasteiger partial charge on any atom is -0.465 e. The number of hydrogen-bond acceptors (Lipinski definition) is 4. The van der Waals surface area contributed by atoms with Gasteiger partial charge in [0.05, 0.1) is 24.8 Å². The number of carbonyl (C=O) groups excluding carboxylic acids is 2. The SMILES string of the molecule is COC(=O)c1ccc2c(Br)cn(CCOCC(=O)Nc3ccc(C(C)C)cc3)c2c1. The summed E-state index contributed by atoms with van der Waals surface area (Å²) in [6.45, 7) is 5.13. The number of fused-ring (bicyclic) bond motifs is 1. The van der Waals surface area contributed by atoms with Gasteiger partial charge in [-0.05, 0) is 51.7 Å². The molecule has 1 N–H and O–H groups in total. The van der Waals surface area contributed by atoms with Crippen molar-refractivity contribution in [1.82, 2.24) is 4.57 Å². The number of halogens is 1. The molecule has 7 heteroatoms. The molecule has 0 saturated carbocycles. The van der Waals surface area contributed by atoms with Gasteiger partial charge in [-0.15, -0.1) is 0 Å². The number of rotatable bonds is 8. The number of hydrogen-bond donors (Lipinski definition) is 1. The highest BCUT2D eigenvalue weighted by molar-refractivity contribution is 9.10. The van der Waals surface area contributed by atoms with E-state index in [9.17, 15) is 9.59 Å². The molecule has 0 aliphatic rings. The summed E-state index contributed by atoms with van der Waals surface area (Å²) < 4.78 is 13.3. The Kier molecular flexibility index (Phi) is 7.29. The molecule has 0 spiro atoms. The van der Waals surface area contributed by atoms with Gasteiger partial charge in [0, 0.05) is 28.3 Å². The first-order valence-electron chi connectivity index (χ1n) is 9.73. The van der Waals surface area contributed by atoms with Crippen LogP contribution in [0.5, 0.6) is 0 Å². The van der Waals surface area contributed by atoms with Crippen molar-refractivity contribution in [1.29, 1.82) is 0 Å². The maximum atomic E-state index is 12.1. The number of methoxy groups -OCH3 is 1. The summed E-state index contributed by atoms with van der Waals surface area (Å²) in [4.78, 5) is 23.9. The summed E-state index contributed by atoms with van der Waals surface area (Å²) in [5, 5.41) is 3.83. The van der Waals surface area contributed by atoms with Crippen molar-refractivity contribution in [3.05, 3.63) is 64.3 Å². The fraction of sp³-hybridized carbons (Fsp3) is 0.304. The summed E-state index contributed by atoms with van der Waals surface area (Å²) in [6, 6.07) is 13.2. The summed E-state index contributed by atoms with van der Waals surface area (Å²) in [6.07, 6.45) is 1.94. The molecule has 0 aliphatic heterocycles. The minimum absolute atomic E-state index is 0.0281. The number of aromatic nitrogens is 1. The second-order valence-corrected chi connectivity index (χ2v) is 8.13. The van der Waals surface area contributed by atoms with E-state index in [1.54, 1.807) is 12.1 Å². The number of carbonyl (C=O) groups is 2. The molecule has 3 rings (SSSR count). The second-order valence-electron chi connectivity index (χ2n) is 7.27. The molecule has 0 unspecified atom stereocenters. The van der Waals surface area contributed by atoms with E-state index in [0.29, 0.717) is 24.6 Å². The molecule has 0 fully saturated rings. The standard InChI is InChI=1S/C23H25BrN2O4/c1-15(2)16-4-7-18(8-5-16)25-22(27)14-30-11-10-26-13-20(24)19-9-6-17(12-21(19)26)23(28)29-3/h4-9,12-13,15H,10-11,14H2,1-3H3,(H,25,27). The van der Waals surface area contributed by atoms with E-state index in [1.807, 2.05) is 41.1 Å². The Hall–Kier alpha value is -2.64. The highest BCUT2D eigenvalue weighted by Gasteiger charge is 2.12. The molecule has 158 valence electrons. The number of nitrogens with one attached hydrogen (secondary N) is 1. The summed E-state index contributed by atoms with van der Waals surface area (Å²) in [7, 11) is 1.36. The predicted molar refractivity (Wildman–Crippen MR) is 121 cm³/mol. The van der Waals surface area contributed by atoms with Gasteiger partial charge < -0.3 is 19.4 Å². The van der Waals surface area contributed by atoms with E-state index in [2.05, 4.69) is 35.1 Å². The maximum Gasteiger partial charge on any atom is 0.337 e. The molecule has 30 heavy (non-hydrogen) atoms. The van der Waals surface area contributed by atoms with Gasteiger partial charge in [-0.1, -0.05) is 32.0 Å². The number of anilines is 1. The summed E-state index contributed by atoms with van der Waals surface area (Å²) in [5.74, 6) is -0.125. The molecular weight excluding hydrogens is 448 g/mol. The molecule has 0 saturated heterocycles. The van der Waals surface area contributed by atoms with Gasteiger partial charge in [0.1, 0.15) is 6.61 Å². The van der Waals surface area contributed by atoms with Gasteiger partial charge in [0.15, 0.2) is 0 Å². The Morgan fingerprint density at radius 1 is 1.13 bits per heavy atom. The molecule has 6 nitrogen and oxygen atoms in total. The summed E-state index contributed by atoms with van der Waals surface area (Å²) in [5.41, 5.74) is 3.36. The van der Waals surface area contributed by atoms with E-state index < -0.39 is 0 Å². The average Bonchev–Trinajstić information content (AvgIpc) is 3.06. The number of amides is 1. The largest absolute Gasteiger partial charge is 0.465 e. The van der Waals surface area contributed by atoms with Crippen LogP contribution in [0.25, 0.3) is 10.9 Å². The van der Waals surface area contributed by atoms with Crippen LogP contribution in [-0.2, 0) is 20.8 Å². The first kappa shape index (κ1) is 22.1. The van der Waals surface area contributed by atoms with Crippen LogP contribution >= 0.6 is 15.9 Å². The third kappa shape index (κ3) is 5.29. The van der Waals surface area contributed by atoms with Gasteiger partial charge in [0.25, 0.3) is 0 Å². The number of esters is 1. The lowest BCUT2D eigenvalue weighted by Crippen LogP contribution is -2.19.